The Morgan fingerprint density at radius 2 is 1.68 bits per heavy atom. The summed E-state index contributed by atoms with van der Waals surface area (Å²) in [5.74, 6) is 2.91. The lowest BCUT2D eigenvalue weighted by Gasteiger charge is -2.41. The van der Waals surface area contributed by atoms with Gasteiger partial charge in [-0.25, -0.2) is 0 Å². The summed E-state index contributed by atoms with van der Waals surface area (Å²) >= 11 is 0. The summed E-state index contributed by atoms with van der Waals surface area (Å²) in [5.41, 5.74) is 0.304. The van der Waals surface area contributed by atoms with Crippen LogP contribution in [0, 0.1) is 29.1 Å². The molecule has 4 fully saturated rings. The third-order valence-corrected chi connectivity index (χ3v) is 6.95. The Morgan fingerprint density at radius 1 is 0.947 bits per heavy atom. The minimum Gasteiger partial charge on any atom is -0.377 e. The molecule has 19 heavy (non-hydrogen) atoms. The SMILES string of the molecule is CC1C(C)C2OC1C1C(C3CCCCC3)OCC21C. The molecule has 0 aromatic heterocycles. The van der Waals surface area contributed by atoms with Crippen LogP contribution in [-0.4, -0.2) is 24.9 Å². The Hall–Kier alpha value is -0.0800. The zero-order valence-corrected chi connectivity index (χ0v) is 12.6. The fourth-order valence-corrected chi connectivity index (χ4v) is 5.74. The van der Waals surface area contributed by atoms with Crippen molar-refractivity contribution in [2.45, 2.75) is 71.2 Å². The molecule has 1 saturated carbocycles. The van der Waals surface area contributed by atoms with E-state index in [0.717, 1.165) is 18.4 Å². The molecular weight excluding hydrogens is 236 g/mol. The summed E-state index contributed by atoms with van der Waals surface area (Å²) in [6.45, 7) is 8.15. The molecule has 3 saturated heterocycles. The van der Waals surface area contributed by atoms with Crippen molar-refractivity contribution in [1.82, 2.24) is 0 Å². The van der Waals surface area contributed by atoms with Crippen molar-refractivity contribution in [1.29, 1.82) is 0 Å². The van der Waals surface area contributed by atoms with Crippen LogP contribution < -0.4 is 0 Å². The van der Waals surface area contributed by atoms with E-state index >= 15 is 0 Å². The summed E-state index contributed by atoms with van der Waals surface area (Å²) in [4.78, 5) is 0. The zero-order chi connectivity index (χ0) is 13.2. The van der Waals surface area contributed by atoms with Gasteiger partial charge in [-0.05, 0) is 30.6 Å². The Kier molecular flexibility index (Phi) is 2.80. The van der Waals surface area contributed by atoms with Crippen LogP contribution in [0.1, 0.15) is 52.9 Å². The molecule has 0 spiro atoms. The molecule has 2 nitrogen and oxygen atoms in total. The molecule has 108 valence electrons. The number of hydrogen-bond donors (Lipinski definition) is 0. The standard InChI is InChI=1S/C17H28O2/c1-10-11(2)16-17(3)9-18-15(13(17)14(10)19-16)12-7-5-4-6-8-12/h10-16H,4-9H2,1-3H3. The van der Waals surface area contributed by atoms with E-state index in [9.17, 15) is 0 Å². The van der Waals surface area contributed by atoms with E-state index in [2.05, 4.69) is 20.8 Å². The second kappa shape index (κ2) is 4.21. The van der Waals surface area contributed by atoms with Crippen LogP contribution in [0.25, 0.3) is 0 Å². The maximum absolute atomic E-state index is 6.41. The van der Waals surface area contributed by atoms with Crippen LogP contribution in [0.5, 0.6) is 0 Å². The maximum Gasteiger partial charge on any atom is 0.0688 e. The van der Waals surface area contributed by atoms with Crippen molar-refractivity contribution < 1.29 is 9.47 Å². The first-order valence-corrected chi connectivity index (χ1v) is 8.40. The van der Waals surface area contributed by atoms with E-state index in [4.69, 9.17) is 9.47 Å². The first kappa shape index (κ1) is 12.6. The predicted molar refractivity (Wildman–Crippen MR) is 74.9 cm³/mol. The summed E-state index contributed by atoms with van der Waals surface area (Å²) in [5, 5.41) is 0. The lowest BCUT2D eigenvalue weighted by Crippen LogP contribution is -2.47. The van der Waals surface area contributed by atoms with Gasteiger partial charge in [-0.2, -0.15) is 0 Å². The number of fused-ring (bicyclic) bond motifs is 5. The Balaban J connectivity index is 1.61. The molecule has 0 aromatic carbocycles. The smallest absolute Gasteiger partial charge is 0.0688 e. The second-order valence-electron chi connectivity index (χ2n) is 7.94. The summed E-state index contributed by atoms with van der Waals surface area (Å²) in [6, 6.07) is 0. The second-order valence-corrected chi connectivity index (χ2v) is 7.94. The summed E-state index contributed by atoms with van der Waals surface area (Å²) in [7, 11) is 0. The van der Waals surface area contributed by atoms with Crippen LogP contribution in [0.2, 0.25) is 0 Å². The van der Waals surface area contributed by atoms with E-state index in [1.807, 2.05) is 0 Å². The predicted octanol–water partition coefficient (Wildman–Crippen LogP) is 3.64. The Morgan fingerprint density at radius 3 is 2.42 bits per heavy atom. The fourth-order valence-electron chi connectivity index (χ4n) is 5.74. The molecular formula is C17H28O2. The third kappa shape index (κ3) is 1.56. The van der Waals surface area contributed by atoms with Crippen molar-refractivity contribution >= 4 is 0 Å². The van der Waals surface area contributed by atoms with Crippen molar-refractivity contribution in [2.75, 3.05) is 6.61 Å². The van der Waals surface area contributed by atoms with Crippen LogP contribution in [0.3, 0.4) is 0 Å². The molecule has 4 rings (SSSR count). The monoisotopic (exact) mass is 264 g/mol. The number of ether oxygens (including phenoxy) is 2. The molecule has 0 radical (unpaired) electrons. The average molecular weight is 264 g/mol. The first-order chi connectivity index (χ1) is 9.13. The molecule has 0 amide bonds. The molecule has 0 N–H and O–H groups in total. The van der Waals surface area contributed by atoms with Crippen LogP contribution in [-0.2, 0) is 9.47 Å². The average Bonchev–Trinajstić information content (AvgIpc) is 3.00. The van der Waals surface area contributed by atoms with Gasteiger partial charge in [0.15, 0.2) is 0 Å². The van der Waals surface area contributed by atoms with E-state index in [1.54, 1.807) is 0 Å². The topological polar surface area (TPSA) is 18.5 Å². The molecule has 7 unspecified atom stereocenters. The van der Waals surface area contributed by atoms with Crippen molar-refractivity contribution in [3.8, 4) is 0 Å². The van der Waals surface area contributed by atoms with Gasteiger partial charge in [0.25, 0.3) is 0 Å². The van der Waals surface area contributed by atoms with Crippen molar-refractivity contribution in [3.05, 3.63) is 0 Å². The minimum atomic E-state index is 0.304. The van der Waals surface area contributed by atoms with Gasteiger partial charge < -0.3 is 9.47 Å². The van der Waals surface area contributed by atoms with Crippen LogP contribution >= 0.6 is 0 Å². The molecule has 2 bridgehead atoms. The van der Waals surface area contributed by atoms with Crippen LogP contribution in [0.15, 0.2) is 0 Å². The highest BCUT2D eigenvalue weighted by molar-refractivity contribution is 5.14. The molecule has 3 aliphatic heterocycles. The molecule has 1 aliphatic carbocycles. The summed E-state index contributed by atoms with van der Waals surface area (Å²) in [6.07, 6.45) is 8.45. The molecule has 0 aromatic rings. The minimum absolute atomic E-state index is 0.304. The van der Waals surface area contributed by atoms with Gasteiger partial charge in [0.1, 0.15) is 0 Å². The molecule has 3 heterocycles. The largest absolute Gasteiger partial charge is 0.377 e. The Bertz CT molecular complexity index is 362. The molecule has 4 aliphatic rings. The van der Waals surface area contributed by atoms with Gasteiger partial charge in [0.2, 0.25) is 0 Å². The Labute approximate surface area is 117 Å². The van der Waals surface area contributed by atoms with E-state index in [1.165, 1.54) is 32.1 Å². The highest BCUT2D eigenvalue weighted by Gasteiger charge is 2.68. The zero-order valence-electron chi connectivity index (χ0n) is 12.6. The third-order valence-electron chi connectivity index (χ3n) is 6.95. The number of hydrogen-bond acceptors (Lipinski definition) is 2. The molecule has 7 atom stereocenters. The molecule has 2 heteroatoms. The van der Waals surface area contributed by atoms with Crippen LogP contribution in [0.4, 0.5) is 0 Å². The first-order valence-electron chi connectivity index (χ1n) is 8.40. The highest BCUT2D eigenvalue weighted by Crippen LogP contribution is 2.62. The van der Waals surface area contributed by atoms with Crippen molar-refractivity contribution in [3.63, 3.8) is 0 Å². The quantitative estimate of drug-likeness (QED) is 0.720. The normalized spacial score (nSPS) is 57.6. The van der Waals surface area contributed by atoms with Gasteiger partial charge in [-0.15, -0.1) is 0 Å². The lowest BCUT2D eigenvalue weighted by atomic mass is 9.59. The summed E-state index contributed by atoms with van der Waals surface area (Å²) < 4.78 is 12.8. The van der Waals surface area contributed by atoms with E-state index in [-0.39, 0.29) is 0 Å². The maximum atomic E-state index is 6.41. The van der Waals surface area contributed by atoms with E-state index < -0.39 is 0 Å². The number of rotatable bonds is 1. The van der Waals surface area contributed by atoms with Gasteiger partial charge in [0.05, 0.1) is 24.9 Å². The fraction of sp³-hybridized carbons (Fsp3) is 1.00. The van der Waals surface area contributed by atoms with Gasteiger partial charge in [-0.3, -0.25) is 0 Å². The van der Waals surface area contributed by atoms with Gasteiger partial charge >= 0.3 is 0 Å². The van der Waals surface area contributed by atoms with Crippen molar-refractivity contribution in [2.24, 2.45) is 29.1 Å². The highest BCUT2D eigenvalue weighted by atomic mass is 16.5. The lowest BCUT2D eigenvalue weighted by molar-refractivity contribution is -0.0309. The van der Waals surface area contributed by atoms with E-state index in [0.29, 0.717) is 35.6 Å². The van der Waals surface area contributed by atoms with Gasteiger partial charge in [-0.1, -0.05) is 40.0 Å². The van der Waals surface area contributed by atoms with Gasteiger partial charge in [0, 0.05) is 11.3 Å².